The highest BCUT2D eigenvalue weighted by Gasteiger charge is 2.08. The summed E-state index contributed by atoms with van der Waals surface area (Å²) in [5.74, 6) is -2.38. The number of hydrogen-bond acceptors (Lipinski definition) is 3. The van der Waals surface area contributed by atoms with Crippen LogP contribution in [0.1, 0.15) is 16.1 Å². The molecule has 0 fully saturated rings. The first-order valence-corrected chi connectivity index (χ1v) is 2.95. The molecule has 0 aromatic carbocycles. The number of carbonyl (C=O) groups is 1. The summed E-state index contributed by atoms with van der Waals surface area (Å²) in [5.41, 5.74) is -0.675. The molecular formula is C7H3FN2O2. The molecule has 12 heavy (non-hydrogen) atoms. The highest BCUT2D eigenvalue weighted by Crippen LogP contribution is 2.04. The standard InChI is InChI=1S/C7H3FN2O2/c8-6-4(3-9)1-2-5(10-6)7(11)12/h1-2H,(H,11,12). The minimum absolute atomic E-state index is 0.264. The van der Waals surface area contributed by atoms with Crippen LogP contribution in [0.25, 0.3) is 0 Å². The van der Waals surface area contributed by atoms with Gasteiger partial charge < -0.3 is 5.11 Å². The Kier molecular flexibility index (Phi) is 2.01. The third-order valence-corrected chi connectivity index (χ3v) is 1.19. The molecule has 4 nitrogen and oxygen atoms in total. The molecule has 0 bridgehead atoms. The molecule has 0 aliphatic carbocycles. The summed E-state index contributed by atoms with van der Waals surface area (Å²) < 4.78 is 12.6. The summed E-state index contributed by atoms with van der Waals surface area (Å²) in [6.07, 6.45) is 0. The van der Waals surface area contributed by atoms with Crippen molar-refractivity contribution in [1.82, 2.24) is 4.98 Å². The first-order valence-electron chi connectivity index (χ1n) is 2.95. The fourth-order valence-corrected chi connectivity index (χ4v) is 0.637. The Hall–Kier alpha value is -1.96. The van der Waals surface area contributed by atoms with Crippen LogP contribution < -0.4 is 0 Å². The van der Waals surface area contributed by atoms with Crippen molar-refractivity contribution in [3.05, 3.63) is 29.3 Å². The van der Waals surface area contributed by atoms with Gasteiger partial charge in [-0.05, 0) is 12.1 Å². The van der Waals surface area contributed by atoms with Crippen LogP contribution in [0.4, 0.5) is 4.39 Å². The van der Waals surface area contributed by atoms with E-state index in [1.807, 2.05) is 0 Å². The number of carboxylic acid groups (broad SMARTS) is 1. The Morgan fingerprint density at radius 1 is 1.67 bits per heavy atom. The van der Waals surface area contributed by atoms with Crippen molar-refractivity contribution in [3.63, 3.8) is 0 Å². The normalized spacial score (nSPS) is 9.00. The van der Waals surface area contributed by atoms with E-state index in [4.69, 9.17) is 10.4 Å². The van der Waals surface area contributed by atoms with Crippen molar-refractivity contribution in [1.29, 1.82) is 5.26 Å². The van der Waals surface area contributed by atoms with E-state index in [1.54, 1.807) is 0 Å². The molecule has 0 aliphatic rings. The third kappa shape index (κ3) is 1.37. The van der Waals surface area contributed by atoms with Gasteiger partial charge in [-0.2, -0.15) is 9.65 Å². The van der Waals surface area contributed by atoms with Gasteiger partial charge in [-0.15, -0.1) is 0 Å². The van der Waals surface area contributed by atoms with Crippen molar-refractivity contribution in [3.8, 4) is 6.07 Å². The molecule has 1 N–H and O–H groups in total. The van der Waals surface area contributed by atoms with E-state index in [2.05, 4.69) is 4.98 Å². The summed E-state index contributed by atoms with van der Waals surface area (Å²) in [6.45, 7) is 0. The Bertz CT molecular complexity index is 370. The lowest BCUT2D eigenvalue weighted by molar-refractivity contribution is 0.0689. The van der Waals surface area contributed by atoms with Crippen molar-refractivity contribution < 1.29 is 14.3 Å². The topological polar surface area (TPSA) is 74.0 Å². The largest absolute Gasteiger partial charge is 0.477 e. The van der Waals surface area contributed by atoms with Crippen LogP contribution in [0, 0.1) is 17.3 Å². The lowest BCUT2D eigenvalue weighted by atomic mass is 10.2. The molecule has 0 radical (unpaired) electrons. The quantitative estimate of drug-likeness (QED) is 0.626. The average Bonchev–Trinajstić information content (AvgIpc) is 2.04. The van der Waals surface area contributed by atoms with Gasteiger partial charge in [0.2, 0.25) is 5.95 Å². The highest BCUT2D eigenvalue weighted by atomic mass is 19.1. The van der Waals surface area contributed by atoms with E-state index in [0.717, 1.165) is 12.1 Å². The van der Waals surface area contributed by atoms with Gasteiger partial charge in [0, 0.05) is 0 Å². The van der Waals surface area contributed by atoms with Gasteiger partial charge in [-0.3, -0.25) is 0 Å². The molecule has 1 aromatic rings. The molecule has 1 rings (SSSR count). The number of rotatable bonds is 1. The second-order valence-electron chi connectivity index (χ2n) is 1.95. The molecule has 60 valence electrons. The van der Waals surface area contributed by atoms with Crippen LogP contribution >= 0.6 is 0 Å². The molecule has 5 heteroatoms. The maximum atomic E-state index is 12.6. The smallest absolute Gasteiger partial charge is 0.354 e. The number of pyridine rings is 1. The lowest BCUT2D eigenvalue weighted by Gasteiger charge is -1.93. The molecule has 0 atom stereocenters. The summed E-state index contributed by atoms with van der Waals surface area (Å²) in [5, 5.41) is 16.6. The van der Waals surface area contributed by atoms with Crippen molar-refractivity contribution in [2.45, 2.75) is 0 Å². The van der Waals surface area contributed by atoms with Crippen LogP contribution in [-0.4, -0.2) is 16.1 Å². The monoisotopic (exact) mass is 166 g/mol. The van der Waals surface area contributed by atoms with Crippen LogP contribution in [-0.2, 0) is 0 Å². The first-order chi connectivity index (χ1) is 5.65. The summed E-state index contributed by atoms with van der Waals surface area (Å²) >= 11 is 0. The fraction of sp³-hybridized carbons (Fsp3) is 0. The number of halogens is 1. The van der Waals surface area contributed by atoms with Crippen LogP contribution in [0.5, 0.6) is 0 Å². The van der Waals surface area contributed by atoms with Crippen molar-refractivity contribution in [2.75, 3.05) is 0 Å². The van der Waals surface area contributed by atoms with E-state index >= 15 is 0 Å². The molecule has 0 spiro atoms. The molecule has 1 aromatic heterocycles. The average molecular weight is 166 g/mol. The SMILES string of the molecule is N#Cc1ccc(C(=O)O)nc1F. The predicted octanol–water partition coefficient (Wildman–Crippen LogP) is 0.791. The molecule has 1 heterocycles. The predicted molar refractivity (Wildman–Crippen MR) is 35.9 cm³/mol. The summed E-state index contributed by atoms with van der Waals surface area (Å²) in [4.78, 5) is 13.3. The third-order valence-electron chi connectivity index (χ3n) is 1.19. The number of carboxylic acids is 1. The van der Waals surface area contributed by atoms with Crippen LogP contribution in [0.15, 0.2) is 12.1 Å². The van der Waals surface area contributed by atoms with Crippen LogP contribution in [0.2, 0.25) is 0 Å². The fourth-order valence-electron chi connectivity index (χ4n) is 0.637. The number of nitrogens with zero attached hydrogens (tertiary/aromatic N) is 2. The van der Waals surface area contributed by atoms with Gasteiger partial charge in [0.05, 0.1) is 0 Å². The second-order valence-corrected chi connectivity index (χ2v) is 1.95. The first kappa shape index (κ1) is 8.14. The van der Waals surface area contributed by atoms with E-state index in [0.29, 0.717) is 0 Å². The molecule has 0 amide bonds. The zero-order valence-electron chi connectivity index (χ0n) is 5.78. The number of nitriles is 1. The van der Waals surface area contributed by atoms with Crippen molar-refractivity contribution >= 4 is 5.97 Å². The highest BCUT2D eigenvalue weighted by molar-refractivity contribution is 5.85. The summed E-state index contributed by atoms with van der Waals surface area (Å²) in [6, 6.07) is 3.68. The van der Waals surface area contributed by atoms with Gasteiger partial charge in [0.1, 0.15) is 11.6 Å². The van der Waals surface area contributed by atoms with E-state index in [-0.39, 0.29) is 5.56 Å². The minimum Gasteiger partial charge on any atom is -0.477 e. The molecule has 0 aliphatic heterocycles. The Morgan fingerprint density at radius 3 is 2.75 bits per heavy atom. The lowest BCUT2D eigenvalue weighted by Crippen LogP contribution is -2.02. The zero-order chi connectivity index (χ0) is 9.14. The Labute approximate surface area is 66.9 Å². The van der Waals surface area contributed by atoms with E-state index < -0.39 is 17.6 Å². The zero-order valence-corrected chi connectivity index (χ0v) is 5.78. The maximum absolute atomic E-state index is 12.6. The minimum atomic E-state index is -1.32. The second kappa shape index (κ2) is 2.96. The Morgan fingerprint density at radius 2 is 2.33 bits per heavy atom. The van der Waals surface area contributed by atoms with E-state index in [1.165, 1.54) is 6.07 Å². The van der Waals surface area contributed by atoms with Gasteiger partial charge in [-0.25, -0.2) is 9.78 Å². The number of aromatic carboxylic acids is 1. The molecule has 0 unspecified atom stereocenters. The van der Waals surface area contributed by atoms with Crippen LogP contribution in [0.3, 0.4) is 0 Å². The molecule has 0 saturated heterocycles. The van der Waals surface area contributed by atoms with Gasteiger partial charge in [0.15, 0.2) is 5.69 Å². The molecular weight excluding hydrogens is 163 g/mol. The van der Waals surface area contributed by atoms with E-state index in [9.17, 15) is 9.18 Å². The van der Waals surface area contributed by atoms with Gasteiger partial charge in [0.25, 0.3) is 0 Å². The van der Waals surface area contributed by atoms with Gasteiger partial charge in [-0.1, -0.05) is 0 Å². The molecule has 0 saturated carbocycles. The van der Waals surface area contributed by atoms with Gasteiger partial charge >= 0.3 is 5.97 Å². The van der Waals surface area contributed by atoms with Crippen molar-refractivity contribution in [2.24, 2.45) is 0 Å². The number of aromatic nitrogens is 1. The Balaban J connectivity index is 3.21. The number of hydrogen-bond donors (Lipinski definition) is 1. The maximum Gasteiger partial charge on any atom is 0.354 e. The summed E-state index contributed by atoms with van der Waals surface area (Å²) in [7, 11) is 0.